The van der Waals surface area contributed by atoms with Gasteiger partial charge in [0, 0.05) is 22.6 Å². The summed E-state index contributed by atoms with van der Waals surface area (Å²) in [6.45, 7) is 3.04. The van der Waals surface area contributed by atoms with E-state index < -0.39 is 28.3 Å². The molecule has 1 heterocycles. The predicted octanol–water partition coefficient (Wildman–Crippen LogP) is 4.72. The average Bonchev–Trinajstić information content (AvgIpc) is 3.17. The number of halogens is 2. The molecular weight excluding hydrogens is 498 g/mol. The van der Waals surface area contributed by atoms with E-state index in [0.29, 0.717) is 9.87 Å². The zero-order chi connectivity index (χ0) is 26.6. The van der Waals surface area contributed by atoms with E-state index in [0.717, 1.165) is 23.1 Å². The van der Waals surface area contributed by atoms with E-state index in [1.807, 2.05) is 24.5 Å². The van der Waals surface area contributed by atoms with Crippen LogP contribution in [0, 0.1) is 25.5 Å². The van der Waals surface area contributed by atoms with Gasteiger partial charge in [-0.25, -0.2) is 22.6 Å². The van der Waals surface area contributed by atoms with Gasteiger partial charge in [0.2, 0.25) is 0 Å². The molecule has 1 N–H and O–H groups in total. The molecule has 0 aliphatic rings. The van der Waals surface area contributed by atoms with Crippen LogP contribution in [0.4, 0.5) is 14.5 Å². The minimum absolute atomic E-state index is 0.0808. The van der Waals surface area contributed by atoms with Crippen molar-refractivity contribution in [2.75, 3.05) is 10.8 Å². The Bertz CT molecular complexity index is 1550. The van der Waals surface area contributed by atoms with E-state index in [4.69, 9.17) is 0 Å². The van der Waals surface area contributed by atoms with Crippen molar-refractivity contribution >= 4 is 27.8 Å². The molecule has 0 radical (unpaired) electrons. The molecule has 190 valence electrons. The quantitative estimate of drug-likeness (QED) is 0.269. The Balaban J connectivity index is 1.55. The Kier molecular flexibility index (Phi) is 7.49. The normalized spacial score (nSPS) is 11.6. The molecule has 10 heteroatoms. The van der Waals surface area contributed by atoms with E-state index in [1.54, 1.807) is 30.3 Å². The number of hydrazone groups is 1. The monoisotopic (exact) mass is 522 g/mol. The van der Waals surface area contributed by atoms with Crippen LogP contribution in [0.5, 0.6) is 0 Å². The smallest absolute Gasteiger partial charge is 0.264 e. The minimum atomic E-state index is -4.24. The van der Waals surface area contributed by atoms with Crippen molar-refractivity contribution in [2.24, 2.45) is 5.10 Å². The molecule has 1 amide bonds. The Morgan fingerprint density at radius 2 is 1.62 bits per heavy atom. The van der Waals surface area contributed by atoms with E-state index in [9.17, 15) is 22.0 Å². The summed E-state index contributed by atoms with van der Waals surface area (Å²) < 4.78 is 57.0. The van der Waals surface area contributed by atoms with Crippen LogP contribution in [0.25, 0.3) is 5.69 Å². The van der Waals surface area contributed by atoms with Gasteiger partial charge in [0.15, 0.2) is 0 Å². The standard InChI is InChI=1S/C27H24F2N4O3S/c1-19-16-21(20(2)33(19)23-14-12-22(28)13-15-23)17-30-31-27(34)18-32(26-11-7-6-10-25(26)29)37(35,36)24-8-4-3-5-9-24/h3-17H,18H2,1-2H3,(H,31,34)/b30-17-. The van der Waals surface area contributed by atoms with Gasteiger partial charge in [0.25, 0.3) is 15.9 Å². The first-order valence-electron chi connectivity index (χ1n) is 11.3. The number of rotatable bonds is 8. The number of amides is 1. The molecule has 0 aliphatic heterocycles. The third-order valence-electron chi connectivity index (χ3n) is 5.69. The van der Waals surface area contributed by atoms with Crippen molar-refractivity contribution in [3.8, 4) is 5.69 Å². The highest BCUT2D eigenvalue weighted by Gasteiger charge is 2.29. The molecule has 0 fully saturated rings. The molecule has 3 aromatic carbocycles. The van der Waals surface area contributed by atoms with Gasteiger partial charge in [0.05, 0.1) is 16.8 Å². The number of hydrogen-bond acceptors (Lipinski definition) is 4. The minimum Gasteiger partial charge on any atom is -0.318 e. The van der Waals surface area contributed by atoms with Crippen LogP contribution in [0.3, 0.4) is 0 Å². The number of aromatic nitrogens is 1. The maximum Gasteiger partial charge on any atom is 0.264 e. The van der Waals surface area contributed by atoms with E-state index in [1.165, 1.54) is 48.7 Å². The summed E-state index contributed by atoms with van der Waals surface area (Å²) in [6, 6.07) is 20.7. The Morgan fingerprint density at radius 1 is 0.973 bits per heavy atom. The van der Waals surface area contributed by atoms with Gasteiger partial charge >= 0.3 is 0 Å². The maximum atomic E-state index is 14.6. The zero-order valence-corrected chi connectivity index (χ0v) is 20.9. The van der Waals surface area contributed by atoms with Crippen molar-refractivity contribution in [3.63, 3.8) is 0 Å². The molecule has 0 aliphatic carbocycles. The molecule has 37 heavy (non-hydrogen) atoms. The van der Waals surface area contributed by atoms with Gasteiger partial charge in [-0.05, 0) is 68.4 Å². The summed E-state index contributed by atoms with van der Waals surface area (Å²) in [7, 11) is -4.24. The number of nitrogens with zero attached hydrogens (tertiary/aromatic N) is 3. The number of anilines is 1. The summed E-state index contributed by atoms with van der Waals surface area (Å²) >= 11 is 0. The molecule has 4 rings (SSSR count). The van der Waals surface area contributed by atoms with Gasteiger partial charge in [-0.15, -0.1) is 0 Å². The lowest BCUT2D eigenvalue weighted by Gasteiger charge is -2.24. The van der Waals surface area contributed by atoms with Gasteiger partial charge in [-0.3, -0.25) is 9.10 Å². The fourth-order valence-electron chi connectivity index (χ4n) is 3.92. The molecule has 0 bridgehead atoms. The topological polar surface area (TPSA) is 83.8 Å². The lowest BCUT2D eigenvalue weighted by Crippen LogP contribution is -2.40. The van der Waals surface area contributed by atoms with Crippen LogP contribution in [0.2, 0.25) is 0 Å². The number of nitrogens with one attached hydrogen (secondary N) is 1. The van der Waals surface area contributed by atoms with E-state index in [2.05, 4.69) is 10.5 Å². The number of carbonyl (C=O) groups is 1. The second-order valence-corrected chi connectivity index (χ2v) is 10.1. The fraction of sp³-hybridized carbons (Fsp3) is 0.111. The number of carbonyl (C=O) groups excluding carboxylic acids is 1. The van der Waals surface area contributed by atoms with Crippen LogP contribution >= 0.6 is 0 Å². The van der Waals surface area contributed by atoms with Gasteiger partial charge < -0.3 is 4.57 Å². The molecule has 0 atom stereocenters. The Morgan fingerprint density at radius 3 is 2.30 bits per heavy atom. The van der Waals surface area contributed by atoms with Crippen molar-refractivity contribution in [3.05, 3.63) is 114 Å². The lowest BCUT2D eigenvalue weighted by atomic mass is 10.2. The van der Waals surface area contributed by atoms with Crippen molar-refractivity contribution in [1.29, 1.82) is 0 Å². The van der Waals surface area contributed by atoms with E-state index >= 15 is 0 Å². The highest BCUT2D eigenvalue weighted by molar-refractivity contribution is 7.92. The van der Waals surface area contributed by atoms with Crippen LogP contribution < -0.4 is 9.73 Å². The zero-order valence-electron chi connectivity index (χ0n) is 20.1. The number of benzene rings is 3. The molecule has 0 saturated carbocycles. The summed E-state index contributed by atoms with van der Waals surface area (Å²) in [5.41, 5.74) is 5.21. The second-order valence-electron chi connectivity index (χ2n) is 8.21. The van der Waals surface area contributed by atoms with Crippen molar-refractivity contribution in [2.45, 2.75) is 18.7 Å². The SMILES string of the molecule is Cc1cc(/C=N\NC(=O)CN(c2ccccc2F)S(=O)(=O)c2ccccc2)c(C)n1-c1ccc(F)cc1. The van der Waals surface area contributed by atoms with Crippen LogP contribution in [-0.2, 0) is 14.8 Å². The number of sulfonamides is 1. The second kappa shape index (κ2) is 10.8. The van der Waals surface area contributed by atoms with Gasteiger partial charge in [-0.2, -0.15) is 5.10 Å². The fourth-order valence-corrected chi connectivity index (χ4v) is 5.37. The highest BCUT2D eigenvalue weighted by Crippen LogP contribution is 2.26. The molecule has 0 spiro atoms. The lowest BCUT2D eigenvalue weighted by molar-refractivity contribution is -0.119. The van der Waals surface area contributed by atoms with Crippen LogP contribution in [-0.4, -0.2) is 31.7 Å². The highest BCUT2D eigenvalue weighted by atomic mass is 32.2. The summed E-state index contributed by atoms with van der Waals surface area (Å²) in [4.78, 5) is 12.6. The molecule has 4 aromatic rings. The average molecular weight is 523 g/mol. The first-order valence-corrected chi connectivity index (χ1v) is 12.7. The van der Waals surface area contributed by atoms with Gasteiger partial charge in [-0.1, -0.05) is 30.3 Å². The number of hydrogen-bond donors (Lipinski definition) is 1. The van der Waals surface area contributed by atoms with Crippen molar-refractivity contribution < 1.29 is 22.0 Å². The summed E-state index contributed by atoms with van der Waals surface area (Å²) in [6.07, 6.45) is 1.43. The molecule has 0 unspecified atom stereocenters. The molecule has 0 saturated heterocycles. The Labute approximate surface area is 213 Å². The predicted molar refractivity (Wildman–Crippen MR) is 138 cm³/mol. The summed E-state index contributed by atoms with van der Waals surface area (Å²) in [5.74, 6) is -1.88. The van der Waals surface area contributed by atoms with Crippen molar-refractivity contribution in [1.82, 2.24) is 9.99 Å². The van der Waals surface area contributed by atoms with Crippen LogP contribution in [0.1, 0.15) is 17.0 Å². The first-order chi connectivity index (χ1) is 17.7. The van der Waals surface area contributed by atoms with E-state index in [-0.39, 0.29) is 16.4 Å². The maximum absolute atomic E-state index is 14.6. The number of para-hydroxylation sites is 1. The first kappa shape index (κ1) is 25.8. The third-order valence-corrected chi connectivity index (χ3v) is 7.46. The number of aryl methyl sites for hydroxylation is 1. The molecular formula is C27H24F2N4O3S. The molecule has 7 nitrogen and oxygen atoms in total. The molecule has 1 aromatic heterocycles. The largest absolute Gasteiger partial charge is 0.318 e. The van der Waals surface area contributed by atoms with Gasteiger partial charge in [0.1, 0.15) is 18.2 Å². The van der Waals surface area contributed by atoms with Crippen LogP contribution in [0.15, 0.2) is 94.9 Å². The summed E-state index contributed by atoms with van der Waals surface area (Å²) in [5, 5.41) is 3.98. The third kappa shape index (κ3) is 5.59. The Hall–Kier alpha value is -4.31.